The molecule has 1 atom stereocenters. The molecule has 0 aromatic rings. The van der Waals surface area contributed by atoms with E-state index in [4.69, 9.17) is 0 Å². The number of hydrogen-bond acceptors (Lipinski definition) is 2. The lowest BCUT2D eigenvalue weighted by atomic mass is 9.81. The minimum absolute atomic E-state index is 0.00157. The van der Waals surface area contributed by atoms with Gasteiger partial charge in [0.15, 0.2) is 0 Å². The molecule has 2 fully saturated rings. The standard InChI is InChI=1S/C17H30N2O2/c1-4-17(3)16(21)19(12-10-15(20)18-17)11-9-14-7-5-13(2)6-8-14/h13-14H,4-12H2,1-3H3,(H,18,20). The van der Waals surface area contributed by atoms with Gasteiger partial charge in [0.25, 0.3) is 0 Å². The molecule has 1 heterocycles. The van der Waals surface area contributed by atoms with Crippen LogP contribution in [-0.4, -0.2) is 35.3 Å². The van der Waals surface area contributed by atoms with Gasteiger partial charge in [0.2, 0.25) is 11.8 Å². The molecule has 120 valence electrons. The molecule has 1 unspecified atom stereocenters. The fourth-order valence-electron chi connectivity index (χ4n) is 3.52. The molecule has 0 radical (unpaired) electrons. The summed E-state index contributed by atoms with van der Waals surface area (Å²) in [7, 11) is 0. The summed E-state index contributed by atoms with van der Waals surface area (Å²) in [5, 5.41) is 2.90. The van der Waals surface area contributed by atoms with E-state index in [1.807, 2.05) is 18.7 Å². The molecule has 2 rings (SSSR count). The molecule has 0 bridgehead atoms. The summed E-state index contributed by atoms with van der Waals surface area (Å²) in [5.41, 5.74) is -0.714. The van der Waals surface area contributed by atoms with E-state index in [0.29, 0.717) is 19.4 Å². The second kappa shape index (κ2) is 6.80. The number of carbonyl (C=O) groups is 2. The monoisotopic (exact) mass is 294 g/mol. The summed E-state index contributed by atoms with van der Waals surface area (Å²) in [6.45, 7) is 7.53. The molecule has 1 N–H and O–H groups in total. The third-order valence-electron chi connectivity index (χ3n) is 5.43. The maximum absolute atomic E-state index is 12.7. The molecule has 4 heteroatoms. The second-order valence-electron chi connectivity index (χ2n) is 7.19. The third kappa shape index (κ3) is 3.98. The van der Waals surface area contributed by atoms with Gasteiger partial charge < -0.3 is 10.2 Å². The molecule has 0 spiro atoms. The highest BCUT2D eigenvalue weighted by Gasteiger charge is 2.39. The molecular weight excluding hydrogens is 264 g/mol. The van der Waals surface area contributed by atoms with Gasteiger partial charge in [-0.15, -0.1) is 0 Å². The van der Waals surface area contributed by atoms with Gasteiger partial charge >= 0.3 is 0 Å². The summed E-state index contributed by atoms with van der Waals surface area (Å²) in [6.07, 6.45) is 7.41. The number of nitrogens with zero attached hydrogens (tertiary/aromatic N) is 1. The zero-order valence-electron chi connectivity index (χ0n) is 13.8. The molecular formula is C17H30N2O2. The van der Waals surface area contributed by atoms with Gasteiger partial charge in [0.1, 0.15) is 5.54 Å². The zero-order valence-corrected chi connectivity index (χ0v) is 13.8. The minimum atomic E-state index is -0.714. The van der Waals surface area contributed by atoms with Crippen LogP contribution >= 0.6 is 0 Å². The lowest BCUT2D eigenvalue weighted by Gasteiger charge is -2.33. The van der Waals surface area contributed by atoms with Crippen LogP contribution in [0, 0.1) is 11.8 Å². The first-order valence-electron chi connectivity index (χ1n) is 8.55. The van der Waals surface area contributed by atoms with Gasteiger partial charge in [0, 0.05) is 19.5 Å². The van der Waals surface area contributed by atoms with Gasteiger partial charge in [0.05, 0.1) is 0 Å². The van der Waals surface area contributed by atoms with Crippen molar-refractivity contribution in [2.24, 2.45) is 11.8 Å². The molecule has 0 aromatic heterocycles. The maximum Gasteiger partial charge on any atom is 0.248 e. The first-order valence-corrected chi connectivity index (χ1v) is 8.55. The topological polar surface area (TPSA) is 49.4 Å². The van der Waals surface area contributed by atoms with Crippen LogP contribution in [0.4, 0.5) is 0 Å². The van der Waals surface area contributed by atoms with Gasteiger partial charge in [-0.05, 0) is 31.6 Å². The fourth-order valence-corrected chi connectivity index (χ4v) is 3.52. The van der Waals surface area contributed by atoms with E-state index in [-0.39, 0.29) is 11.8 Å². The van der Waals surface area contributed by atoms with Crippen LogP contribution in [0.25, 0.3) is 0 Å². The normalized spacial score (nSPS) is 34.5. The largest absolute Gasteiger partial charge is 0.342 e. The Morgan fingerprint density at radius 2 is 1.90 bits per heavy atom. The molecule has 1 aliphatic carbocycles. The smallest absolute Gasteiger partial charge is 0.248 e. The third-order valence-corrected chi connectivity index (χ3v) is 5.43. The zero-order chi connectivity index (χ0) is 15.5. The molecule has 2 aliphatic rings. The molecule has 4 nitrogen and oxygen atoms in total. The van der Waals surface area contributed by atoms with Gasteiger partial charge in [-0.25, -0.2) is 0 Å². The SMILES string of the molecule is CCC1(C)NC(=O)CCN(CCC2CCC(C)CC2)C1=O. The summed E-state index contributed by atoms with van der Waals surface area (Å²) in [5.74, 6) is 1.72. The summed E-state index contributed by atoms with van der Waals surface area (Å²) in [4.78, 5) is 26.4. The van der Waals surface area contributed by atoms with E-state index in [0.717, 1.165) is 24.8 Å². The minimum Gasteiger partial charge on any atom is -0.342 e. The van der Waals surface area contributed by atoms with Crippen molar-refractivity contribution in [2.45, 2.75) is 71.3 Å². The van der Waals surface area contributed by atoms with Crippen molar-refractivity contribution in [1.29, 1.82) is 0 Å². The number of hydrogen-bond donors (Lipinski definition) is 1. The Bertz CT molecular complexity index is 388. The number of amides is 2. The molecule has 0 aromatic carbocycles. The Labute approximate surface area is 128 Å². The number of carbonyl (C=O) groups excluding carboxylic acids is 2. The quantitative estimate of drug-likeness (QED) is 0.866. The summed E-state index contributed by atoms with van der Waals surface area (Å²) >= 11 is 0. The molecule has 1 saturated carbocycles. The Hall–Kier alpha value is -1.06. The van der Waals surface area contributed by atoms with Gasteiger partial charge in [-0.2, -0.15) is 0 Å². The number of rotatable bonds is 4. The Morgan fingerprint density at radius 1 is 1.24 bits per heavy atom. The lowest BCUT2D eigenvalue weighted by molar-refractivity contribution is -0.138. The summed E-state index contributed by atoms with van der Waals surface area (Å²) in [6, 6.07) is 0. The van der Waals surface area contributed by atoms with Crippen LogP contribution in [0.15, 0.2) is 0 Å². The first kappa shape index (κ1) is 16.3. The predicted octanol–water partition coefficient (Wildman–Crippen LogP) is 2.72. The fraction of sp³-hybridized carbons (Fsp3) is 0.882. The van der Waals surface area contributed by atoms with Crippen molar-refractivity contribution in [3.8, 4) is 0 Å². The van der Waals surface area contributed by atoms with Crippen LogP contribution in [0.3, 0.4) is 0 Å². The van der Waals surface area contributed by atoms with Crippen LogP contribution in [0.5, 0.6) is 0 Å². The number of nitrogens with one attached hydrogen (secondary N) is 1. The van der Waals surface area contributed by atoms with Crippen molar-refractivity contribution in [2.75, 3.05) is 13.1 Å². The summed E-state index contributed by atoms with van der Waals surface area (Å²) < 4.78 is 0. The first-order chi connectivity index (χ1) is 9.94. The van der Waals surface area contributed by atoms with Crippen LogP contribution in [0.1, 0.15) is 65.7 Å². The van der Waals surface area contributed by atoms with Gasteiger partial charge in [-0.1, -0.05) is 39.5 Å². The van der Waals surface area contributed by atoms with E-state index in [9.17, 15) is 9.59 Å². The molecule has 1 saturated heterocycles. The average Bonchev–Trinajstić information content (AvgIpc) is 2.58. The Morgan fingerprint density at radius 3 is 2.52 bits per heavy atom. The Balaban J connectivity index is 1.92. The molecule has 2 amide bonds. The van der Waals surface area contributed by atoms with Crippen molar-refractivity contribution < 1.29 is 9.59 Å². The van der Waals surface area contributed by atoms with Crippen LogP contribution in [-0.2, 0) is 9.59 Å². The molecule has 1 aliphatic heterocycles. The van der Waals surface area contributed by atoms with Crippen molar-refractivity contribution in [3.05, 3.63) is 0 Å². The second-order valence-corrected chi connectivity index (χ2v) is 7.19. The van der Waals surface area contributed by atoms with Gasteiger partial charge in [-0.3, -0.25) is 9.59 Å². The van der Waals surface area contributed by atoms with E-state index in [1.165, 1.54) is 25.7 Å². The van der Waals surface area contributed by atoms with Crippen LogP contribution in [0.2, 0.25) is 0 Å². The molecule has 21 heavy (non-hydrogen) atoms. The highest BCUT2D eigenvalue weighted by Crippen LogP contribution is 2.30. The maximum atomic E-state index is 12.7. The predicted molar refractivity (Wildman–Crippen MR) is 83.8 cm³/mol. The van der Waals surface area contributed by atoms with E-state index in [1.54, 1.807) is 0 Å². The van der Waals surface area contributed by atoms with Crippen molar-refractivity contribution in [3.63, 3.8) is 0 Å². The van der Waals surface area contributed by atoms with E-state index >= 15 is 0 Å². The van der Waals surface area contributed by atoms with Crippen molar-refractivity contribution in [1.82, 2.24) is 10.2 Å². The highest BCUT2D eigenvalue weighted by atomic mass is 16.2. The Kier molecular flexibility index (Phi) is 5.28. The van der Waals surface area contributed by atoms with Crippen LogP contribution < -0.4 is 5.32 Å². The van der Waals surface area contributed by atoms with E-state index < -0.39 is 5.54 Å². The van der Waals surface area contributed by atoms with E-state index in [2.05, 4.69) is 12.2 Å². The average molecular weight is 294 g/mol. The highest BCUT2D eigenvalue weighted by molar-refractivity contribution is 5.93. The van der Waals surface area contributed by atoms with Crippen molar-refractivity contribution >= 4 is 11.8 Å². The lowest BCUT2D eigenvalue weighted by Crippen LogP contribution is -2.54.